The molecule has 0 aliphatic carbocycles. The van der Waals surface area contributed by atoms with E-state index in [-0.39, 0.29) is 17.5 Å². The molecular formula is C20H24N6O2. The van der Waals surface area contributed by atoms with Crippen molar-refractivity contribution in [1.29, 1.82) is 0 Å². The lowest BCUT2D eigenvalue weighted by molar-refractivity contribution is 0.102. The van der Waals surface area contributed by atoms with Crippen molar-refractivity contribution in [3.63, 3.8) is 0 Å². The van der Waals surface area contributed by atoms with E-state index in [0.29, 0.717) is 23.0 Å². The highest BCUT2D eigenvalue weighted by molar-refractivity contribution is 6.03. The highest BCUT2D eigenvalue weighted by Gasteiger charge is 2.12. The van der Waals surface area contributed by atoms with Gasteiger partial charge in [-0.25, -0.2) is 9.97 Å². The van der Waals surface area contributed by atoms with Crippen LogP contribution in [-0.2, 0) is 0 Å². The average molecular weight is 380 g/mol. The molecule has 0 unspecified atom stereocenters. The van der Waals surface area contributed by atoms with E-state index in [0.717, 1.165) is 18.8 Å². The molecule has 3 rings (SSSR count). The number of anilines is 4. The van der Waals surface area contributed by atoms with Crippen molar-refractivity contribution in [3.05, 3.63) is 53.5 Å². The monoisotopic (exact) mass is 380 g/mol. The fraction of sp³-hybridized carbons (Fsp3) is 0.300. The Morgan fingerprint density at radius 3 is 2.39 bits per heavy atom. The summed E-state index contributed by atoms with van der Waals surface area (Å²) >= 11 is 0. The Hall–Kier alpha value is -3.42. The van der Waals surface area contributed by atoms with Gasteiger partial charge < -0.3 is 20.1 Å². The van der Waals surface area contributed by atoms with Crippen LogP contribution >= 0.6 is 0 Å². The van der Waals surface area contributed by atoms with Gasteiger partial charge in [0.15, 0.2) is 5.82 Å². The zero-order chi connectivity index (χ0) is 20.1. The number of nitrogens with one attached hydrogen (secondary N) is 2. The Morgan fingerprint density at radius 2 is 1.79 bits per heavy atom. The highest BCUT2D eigenvalue weighted by Crippen LogP contribution is 2.19. The minimum Gasteiger partial charge on any atom is -0.372 e. The lowest BCUT2D eigenvalue weighted by Crippen LogP contribution is -2.21. The number of aromatic nitrogens is 3. The molecule has 8 heteroatoms. The third-order valence-electron chi connectivity index (χ3n) is 4.21. The molecule has 1 amide bonds. The smallest absolute Gasteiger partial charge is 0.274 e. The second-order valence-corrected chi connectivity index (χ2v) is 6.34. The van der Waals surface area contributed by atoms with E-state index in [9.17, 15) is 4.79 Å². The summed E-state index contributed by atoms with van der Waals surface area (Å²) in [7, 11) is 0. The molecule has 146 valence electrons. The van der Waals surface area contributed by atoms with Gasteiger partial charge in [-0.2, -0.15) is 0 Å². The van der Waals surface area contributed by atoms with Crippen LogP contribution in [0.1, 0.15) is 35.8 Å². The van der Waals surface area contributed by atoms with Gasteiger partial charge in [0.2, 0.25) is 5.95 Å². The molecule has 0 fully saturated rings. The molecule has 0 spiro atoms. The highest BCUT2D eigenvalue weighted by atomic mass is 16.5. The van der Waals surface area contributed by atoms with Gasteiger partial charge in [-0.05, 0) is 58.0 Å². The summed E-state index contributed by atoms with van der Waals surface area (Å²) in [6, 6.07) is 11.1. The number of amides is 1. The Morgan fingerprint density at radius 1 is 1.07 bits per heavy atom. The first-order chi connectivity index (χ1) is 13.5. The first-order valence-electron chi connectivity index (χ1n) is 9.21. The van der Waals surface area contributed by atoms with Crippen molar-refractivity contribution in [2.45, 2.75) is 27.7 Å². The molecule has 2 aromatic heterocycles. The normalized spacial score (nSPS) is 10.6. The molecule has 28 heavy (non-hydrogen) atoms. The molecule has 0 aliphatic rings. The number of carbonyl (C=O) groups excluding carboxylic acids is 1. The largest absolute Gasteiger partial charge is 0.372 e. The molecular weight excluding hydrogens is 356 g/mol. The number of rotatable bonds is 7. The maximum Gasteiger partial charge on any atom is 0.274 e. The van der Waals surface area contributed by atoms with Crippen LogP contribution in [0.25, 0.3) is 0 Å². The van der Waals surface area contributed by atoms with Crippen molar-refractivity contribution in [3.8, 4) is 0 Å². The Bertz CT molecular complexity index is 948. The standard InChI is InChI=1S/C20H24N6O2/c1-5-26(6-2)16-9-7-15(8-10-16)22-19(27)17-11-13(3)21-20(23-17)24-18-12-14(4)28-25-18/h7-12H,5-6H2,1-4H3,(H,22,27)(H,21,23,24,25). The lowest BCUT2D eigenvalue weighted by Gasteiger charge is -2.21. The molecule has 2 heterocycles. The maximum absolute atomic E-state index is 12.6. The Kier molecular flexibility index (Phi) is 5.88. The maximum atomic E-state index is 12.6. The molecule has 0 atom stereocenters. The summed E-state index contributed by atoms with van der Waals surface area (Å²) in [4.78, 5) is 23.4. The molecule has 0 radical (unpaired) electrons. The lowest BCUT2D eigenvalue weighted by atomic mass is 10.2. The van der Waals surface area contributed by atoms with E-state index in [1.165, 1.54) is 0 Å². The predicted octanol–water partition coefficient (Wildman–Crippen LogP) is 3.92. The average Bonchev–Trinajstić information content (AvgIpc) is 3.08. The van der Waals surface area contributed by atoms with Crippen LogP contribution in [0.15, 0.2) is 40.9 Å². The number of carbonyl (C=O) groups is 1. The topological polar surface area (TPSA) is 96.2 Å². The van der Waals surface area contributed by atoms with E-state index in [1.54, 1.807) is 26.0 Å². The number of hydrogen-bond acceptors (Lipinski definition) is 7. The zero-order valence-corrected chi connectivity index (χ0v) is 16.5. The van der Waals surface area contributed by atoms with Gasteiger partial charge in [0.25, 0.3) is 5.91 Å². The molecule has 2 N–H and O–H groups in total. The number of benzene rings is 1. The first kappa shape index (κ1) is 19.3. The van der Waals surface area contributed by atoms with Crippen LogP contribution in [0, 0.1) is 13.8 Å². The van der Waals surface area contributed by atoms with E-state index < -0.39 is 0 Å². The van der Waals surface area contributed by atoms with Gasteiger partial charge in [-0.1, -0.05) is 5.16 Å². The summed E-state index contributed by atoms with van der Waals surface area (Å²) in [6.07, 6.45) is 0. The zero-order valence-electron chi connectivity index (χ0n) is 16.5. The predicted molar refractivity (Wildman–Crippen MR) is 109 cm³/mol. The first-order valence-corrected chi connectivity index (χ1v) is 9.21. The summed E-state index contributed by atoms with van der Waals surface area (Å²) in [6.45, 7) is 9.69. The molecule has 3 aromatic rings. The van der Waals surface area contributed by atoms with E-state index in [1.807, 2.05) is 24.3 Å². The summed E-state index contributed by atoms with van der Waals surface area (Å²) in [5.41, 5.74) is 2.76. The van der Waals surface area contributed by atoms with Crippen molar-refractivity contribution >= 4 is 29.0 Å². The van der Waals surface area contributed by atoms with Crippen LogP contribution < -0.4 is 15.5 Å². The van der Waals surface area contributed by atoms with Crippen molar-refractivity contribution in [2.75, 3.05) is 28.6 Å². The Balaban J connectivity index is 1.73. The Labute approximate surface area is 164 Å². The van der Waals surface area contributed by atoms with Gasteiger partial charge in [0, 0.05) is 36.2 Å². The number of hydrogen-bond donors (Lipinski definition) is 2. The SMILES string of the molecule is CCN(CC)c1ccc(NC(=O)c2cc(C)nc(Nc3cc(C)on3)n2)cc1. The second-order valence-electron chi connectivity index (χ2n) is 6.34. The second kappa shape index (κ2) is 8.51. The molecule has 0 aliphatic heterocycles. The number of nitrogens with zero attached hydrogens (tertiary/aromatic N) is 4. The van der Waals surface area contributed by atoms with E-state index >= 15 is 0 Å². The molecule has 1 aromatic carbocycles. The fourth-order valence-electron chi connectivity index (χ4n) is 2.82. The third kappa shape index (κ3) is 4.64. The van der Waals surface area contributed by atoms with Gasteiger partial charge in [0.1, 0.15) is 11.5 Å². The van der Waals surface area contributed by atoms with Crippen LogP contribution in [-0.4, -0.2) is 34.1 Å². The van der Waals surface area contributed by atoms with Crippen LogP contribution in [0.4, 0.5) is 23.1 Å². The van der Waals surface area contributed by atoms with Crippen molar-refractivity contribution < 1.29 is 9.32 Å². The van der Waals surface area contributed by atoms with Crippen LogP contribution in [0.5, 0.6) is 0 Å². The van der Waals surface area contributed by atoms with Crippen LogP contribution in [0.2, 0.25) is 0 Å². The van der Waals surface area contributed by atoms with Crippen molar-refractivity contribution in [2.24, 2.45) is 0 Å². The fourth-order valence-corrected chi connectivity index (χ4v) is 2.82. The summed E-state index contributed by atoms with van der Waals surface area (Å²) < 4.78 is 5.02. The molecule has 0 bridgehead atoms. The van der Waals surface area contributed by atoms with Crippen molar-refractivity contribution in [1.82, 2.24) is 15.1 Å². The van der Waals surface area contributed by atoms with Gasteiger partial charge in [-0.3, -0.25) is 4.79 Å². The molecule has 0 saturated carbocycles. The van der Waals surface area contributed by atoms with Gasteiger partial charge in [-0.15, -0.1) is 0 Å². The van der Waals surface area contributed by atoms with Gasteiger partial charge >= 0.3 is 0 Å². The summed E-state index contributed by atoms with van der Waals surface area (Å²) in [5, 5.41) is 9.67. The minimum absolute atomic E-state index is 0.267. The minimum atomic E-state index is -0.305. The quantitative estimate of drug-likeness (QED) is 0.641. The van der Waals surface area contributed by atoms with Crippen LogP contribution in [0.3, 0.4) is 0 Å². The molecule has 8 nitrogen and oxygen atoms in total. The number of aryl methyl sites for hydroxylation is 2. The van der Waals surface area contributed by atoms with E-state index in [2.05, 4.69) is 44.5 Å². The van der Waals surface area contributed by atoms with E-state index in [4.69, 9.17) is 4.52 Å². The molecule has 0 saturated heterocycles. The van der Waals surface area contributed by atoms with Gasteiger partial charge in [0.05, 0.1) is 0 Å². The third-order valence-corrected chi connectivity index (χ3v) is 4.21. The summed E-state index contributed by atoms with van der Waals surface area (Å²) in [5.74, 6) is 1.14.